The van der Waals surface area contributed by atoms with Crippen molar-refractivity contribution >= 4 is 0 Å². The van der Waals surface area contributed by atoms with Crippen molar-refractivity contribution in [3.63, 3.8) is 0 Å². The molecule has 1 aliphatic heterocycles. The molecular formula is C10H18N4. The van der Waals surface area contributed by atoms with Crippen molar-refractivity contribution in [2.45, 2.75) is 38.9 Å². The monoisotopic (exact) mass is 194 g/mol. The molecule has 0 spiro atoms. The van der Waals surface area contributed by atoms with E-state index in [9.17, 15) is 0 Å². The lowest BCUT2D eigenvalue weighted by Gasteiger charge is -2.22. The number of rotatable bonds is 2. The molecule has 4 nitrogen and oxygen atoms in total. The summed E-state index contributed by atoms with van der Waals surface area (Å²) in [5.41, 5.74) is 0. The lowest BCUT2D eigenvalue weighted by molar-refractivity contribution is 0.239. The Kier molecular flexibility index (Phi) is 2.54. The quantitative estimate of drug-likeness (QED) is 0.704. The zero-order valence-corrected chi connectivity index (χ0v) is 9.09. The molecule has 2 heterocycles. The van der Waals surface area contributed by atoms with Crippen LogP contribution in [-0.2, 0) is 6.54 Å². The second-order valence-corrected chi connectivity index (χ2v) is 4.38. The van der Waals surface area contributed by atoms with Crippen LogP contribution in [0.3, 0.4) is 0 Å². The highest BCUT2D eigenvalue weighted by molar-refractivity contribution is 4.87. The third-order valence-corrected chi connectivity index (χ3v) is 3.56. The summed E-state index contributed by atoms with van der Waals surface area (Å²) in [5, 5.41) is 7.84. The lowest BCUT2D eigenvalue weighted by atomic mass is 10.0. The Labute approximate surface area is 84.9 Å². The maximum Gasteiger partial charge on any atom is 0.0692 e. The Morgan fingerprint density at radius 2 is 2.21 bits per heavy atom. The second-order valence-electron chi connectivity index (χ2n) is 4.38. The first-order chi connectivity index (χ1) is 6.68. The van der Waals surface area contributed by atoms with Crippen LogP contribution in [-0.4, -0.2) is 39.0 Å². The van der Waals surface area contributed by atoms with Gasteiger partial charge < -0.3 is 4.90 Å². The van der Waals surface area contributed by atoms with Crippen LogP contribution in [0.2, 0.25) is 0 Å². The highest BCUT2D eigenvalue weighted by atomic mass is 15.4. The molecule has 0 aliphatic carbocycles. The van der Waals surface area contributed by atoms with Crippen molar-refractivity contribution in [3.05, 3.63) is 12.4 Å². The van der Waals surface area contributed by atoms with Gasteiger partial charge in [0, 0.05) is 24.8 Å². The molecule has 0 amide bonds. The van der Waals surface area contributed by atoms with E-state index in [-0.39, 0.29) is 0 Å². The van der Waals surface area contributed by atoms with E-state index in [0.717, 1.165) is 6.54 Å². The van der Waals surface area contributed by atoms with Gasteiger partial charge in [-0.1, -0.05) is 5.21 Å². The van der Waals surface area contributed by atoms with Gasteiger partial charge in [-0.2, -0.15) is 0 Å². The van der Waals surface area contributed by atoms with E-state index in [1.807, 2.05) is 10.9 Å². The van der Waals surface area contributed by atoms with Crippen LogP contribution >= 0.6 is 0 Å². The maximum atomic E-state index is 4.01. The summed E-state index contributed by atoms with van der Waals surface area (Å²) >= 11 is 0. The van der Waals surface area contributed by atoms with E-state index >= 15 is 0 Å². The highest BCUT2D eigenvalue weighted by Gasteiger charge is 2.33. The largest absolute Gasteiger partial charge is 0.301 e. The minimum absolute atomic E-state index is 0.647. The van der Waals surface area contributed by atoms with Crippen LogP contribution in [0.4, 0.5) is 0 Å². The van der Waals surface area contributed by atoms with Crippen LogP contribution < -0.4 is 0 Å². The molecule has 14 heavy (non-hydrogen) atoms. The predicted molar refractivity (Wildman–Crippen MR) is 54.8 cm³/mol. The molecule has 3 atom stereocenters. The Bertz CT molecular complexity index is 282. The number of aromatic nitrogens is 3. The third-order valence-electron chi connectivity index (χ3n) is 3.56. The molecule has 2 unspecified atom stereocenters. The molecule has 1 fully saturated rings. The van der Waals surface area contributed by atoms with Crippen molar-refractivity contribution in [2.24, 2.45) is 5.92 Å². The first-order valence-electron chi connectivity index (χ1n) is 5.24. The van der Waals surface area contributed by atoms with Gasteiger partial charge in [-0.15, -0.1) is 5.10 Å². The van der Waals surface area contributed by atoms with Crippen LogP contribution in [0, 0.1) is 5.92 Å². The SMILES string of the molecule is CC1CC(Cn2ccnn2)[C@@H](C)N1C. The molecule has 0 radical (unpaired) electrons. The molecule has 0 N–H and O–H groups in total. The third kappa shape index (κ3) is 1.66. The summed E-state index contributed by atoms with van der Waals surface area (Å²) in [5.74, 6) is 0.705. The van der Waals surface area contributed by atoms with Gasteiger partial charge in [0.25, 0.3) is 0 Å². The molecular weight excluding hydrogens is 176 g/mol. The number of likely N-dealkylation sites (tertiary alicyclic amines) is 1. The number of nitrogens with zero attached hydrogens (tertiary/aromatic N) is 4. The molecule has 4 heteroatoms. The van der Waals surface area contributed by atoms with Crippen molar-refractivity contribution in [2.75, 3.05) is 7.05 Å². The Balaban J connectivity index is 2.00. The predicted octanol–water partition coefficient (Wildman–Crippen LogP) is 1.01. The van der Waals surface area contributed by atoms with E-state index in [1.165, 1.54) is 6.42 Å². The van der Waals surface area contributed by atoms with E-state index in [2.05, 4.69) is 36.1 Å². The van der Waals surface area contributed by atoms with E-state index < -0.39 is 0 Å². The van der Waals surface area contributed by atoms with Crippen molar-refractivity contribution in [1.82, 2.24) is 19.9 Å². The zero-order valence-electron chi connectivity index (χ0n) is 9.09. The van der Waals surface area contributed by atoms with Gasteiger partial charge in [0.05, 0.1) is 6.20 Å². The number of hydrogen-bond acceptors (Lipinski definition) is 3. The molecule has 1 aliphatic rings. The molecule has 0 aromatic carbocycles. The van der Waals surface area contributed by atoms with Gasteiger partial charge in [-0.3, -0.25) is 4.68 Å². The van der Waals surface area contributed by atoms with Gasteiger partial charge in [-0.25, -0.2) is 0 Å². The van der Waals surface area contributed by atoms with Crippen molar-refractivity contribution < 1.29 is 0 Å². The molecule has 1 aromatic rings. The Morgan fingerprint density at radius 1 is 1.43 bits per heavy atom. The minimum Gasteiger partial charge on any atom is -0.301 e. The summed E-state index contributed by atoms with van der Waals surface area (Å²) in [4.78, 5) is 2.45. The standard InChI is InChI=1S/C10H18N4/c1-8-6-10(9(2)13(8)3)7-14-5-4-11-12-14/h4-5,8-10H,6-7H2,1-3H3/t8?,9-,10?/m1/s1. The van der Waals surface area contributed by atoms with Crippen LogP contribution in [0.5, 0.6) is 0 Å². The Morgan fingerprint density at radius 3 is 2.71 bits per heavy atom. The molecule has 0 bridgehead atoms. The van der Waals surface area contributed by atoms with Crippen LogP contribution in [0.1, 0.15) is 20.3 Å². The van der Waals surface area contributed by atoms with Gasteiger partial charge in [0.2, 0.25) is 0 Å². The van der Waals surface area contributed by atoms with E-state index in [0.29, 0.717) is 18.0 Å². The normalized spacial score (nSPS) is 33.8. The molecule has 1 saturated heterocycles. The average molecular weight is 194 g/mol. The van der Waals surface area contributed by atoms with Crippen molar-refractivity contribution in [3.8, 4) is 0 Å². The van der Waals surface area contributed by atoms with Crippen LogP contribution in [0.15, 0.2) is 12.4 Å². The highest BCUT2D eigenvalue weighted by Crippen LogP contribution is 2.28. The molecule has 78 valence electrons. The summed E-state index contributed by atoms with van der Waals surface area (Å²) in [6.45, 7) is 5.58. The summed E-state index contributed by atoms with van der Waals surface area (Å²) < 4.78 is 1.94. The van der Waals surface area contributed by atoms with E-state index in [1.54, 1.807) is 6.20 Å². The van der Waals surface area contributed by atoms with E-state index in [4.69, 9.17) is 0 Å². The van der Waals surface area contributed by atoms with Crippen LogP contribution in [0.25, 0.3) is 0 Å². The first kappa shape index (κ1) is 9.65. The lowest BCUT2D eigenvalue weighted by Crippen LogP contribution is -2.31. The zero-order chi connectivity index (χ0) is 10.1. The molecule has 1 aromatic heterocycles. The second kappa shape index (κ2) is 3.69. The average Bonchev–Trinajstić information content (AvgIpc) is 2.73. The molecule has 2 rings (SSSR count). The fraction of sp³-hybridized carbons (Fsp3) is 0.800. The van der Waals surface area contributed by atoms with Crippen molar-refractivity contribution in [1.29, 1.82) is 0 Å². The summed E-state index contributed by atoms with van der Waals surface area (Å²) in [6.07, 6.45) is 4.94. The summed E-state index contributed by atoms with van der Waals surface area (Å²) in [6, 6.07) is 1.34. The fourth-order valence-corrected chi connectivity index (χ4v) is 2.33. The topological polar surface area (TPSA) is 34.0 Å². The fourth-order valence-electron chi connectivity index (χ4n) is 2.33. The van der Waals surface area contributed by atoms with Gasteiger partial charge in [0.1, 0.15) is 0 Å². The maximum absolute atomic E-state index is 4.01. The Hall–Kier alpha value is -0.900. The molecule has 0 saturated carbocycles. The minimum atomic E-state index is 0.647. The summed E-state index contributed by atoms with van der Waals surface area (Å²) in [7, 11) is 2.21. The van der Waals surface area contributed by atoms with Gasteiger partial charge >= 0.3 is 0 Å². The smallest absolute Gasteiger partial charge is 0.0692 e. The first-order valence-corrected chi connectivity index (χ1v) is 5.24. The van der Waals surface area contributed by atoms with Gasteiger partial charge in [0.15, 0.2) is 0 Å². The van der Waals surface area contributed by atoms with Gasteiger partial charge in [-0.05, 0) is 33.2 Å². The number of hydrogen-bond donors (Lipinski definition) is 0.